The van der Waals surface area contributed by atoms with Crippen molar-refractivity contribution >= 4 is 31.9 Å². The molecule has 0 spiro atoms. The van der Waals surface area contributed by atoms with Crippen molar-refractivity contribution in [2.45, 2.75) is 42.3 Å². The second-order valence-electron chi connectivity index (χ2n) is 3.26. The third-order valence-corrected chi connectivity index (χ3v) is 4.72. The van der Waals surface area contributed by atoms with Crippen molar-refractivity contribution in [2.24, 2.45) is 5.92 Å². The second-order valence-corrected chi connectivity index (χ2v) is 7.16. The van der Waals surface area contributed by atoms with Crippen molar-refractivity contribution < 1.29 is 0 Å². The van der Waals surface area contributed by atoms with Crippen molar-refractivity contribution in [2.75, 3.05) is 0 Å². The second kappa shape index (κ2) is 3.57. The quantitative estimate of drug-likeness (QED) is 0.459. The standard InChI is InChI=1S/C8H14Br2/c1-7-5-3-2-4-6-8(7,9)10/h7H,2-6H2,1H3. The Kier molecular flexibility index (Phi) is 3.23. The minimum Gasteiger partial charge on any atom is -0.0724 e. The first-order valence-electron chi connectivity index (χ1n) is 4.01. The Labute approximate surface area is 80.0 Å². The zero-order valence-electron chi connectivity index (χ0n) is 6.37. The molecule has 0 bridgehead atoms. The molecule has 0 aliphatic heterocycles. The summed E-state index contributed by atoms with van der Waals surface area (Å²) in [6, 6.07) is 0. The van der Waals surface area contributed by atoms with Crippen molar-refractivity contribution in [1.29, 1.82) is 0 Å². The van der Waals surface area contributed by atoms with Gasteiger partial charge < -0.3 is 0 Å². The molecule has 0 N–H and O–H groups in total. The number of alkyl halides is 2. The predicted octanol–water partition coefficient (Wildman–Crippen LogP) is 4.07. The molecule has 2 heteroatoms. The van der Waals surface area contributed by atoms with Crippen LogP contribution >= 0.6 is 31.9 Å². The lowest BCUT2D eigenvalue weighted by Gasteiger charge is -2.24. The fourth-order valence-corrected chi connectivity index (χ4v) is 2.46. The average molecular weight is 270 g/mol. The Morgan fingerprint density at radius 3 is 2.60 bits per heavy atom. The van der Waals surface area contributed by atoms with Crippen molar-refractivity contribution in [3.05, 3.63) is 0 Å². The van der Waals surface area contributed by atoms with Crippen LogP contribution in [0.1, 0.15) is 39.0 Å². The van der Waals surface area contributed by atoms with Gasteiger partial charge in [-0.05, 0) is 18.8 Å². The molecule has 0 saturated heterocycles. The van der Waals surface area contributed by atoms with E-state index in [-0.39, 0.29) is 3.23 Å². The molecule has 0 nitrogen and oxygen atoms in total. The van der Waals surface area contributed by atoms with E-state index >= 15 is 0 Å². The van der Waals surface area contributed by atoms with Gasteiger partial charge in [0.25, 0.3) is 0 Å². The van der Waals surface area contributed by atoms with Gasteiger partial charge in [-0.1, -0.05) is 58.0 Å². The number of halogens is 2. The van der Waals surface area contributed by atoms with E-state index in [9.17, 15) is 0 Å². The summed E-state index contributed by atoms with van der Waals surface area (Å²) in [6.45, 7) is 2.31. The molecule has 0 amide bonds. The highest BCUT2D eigenvalue weighted by Crippen LogP contribution is 2.43. The first kappa shape index (κ1) is 9.05. The van der Waals surface area contributed by atoms with Gasteiger partial charge in [0.15, 0.2) is 0 Å². The smallest absolute Gasteiger partial charge is 0.0724 e. The fraction of sp³-hybridized carbons (Fsp3) is 1.00. The van der Waals surface area contributed by atoms with Crippen LogP contribution in [0.25, 0.3) is 0 Å². The summed E-state index contributed by atoms with van der Waals surface area (Å²) in [6.07, 6.45) is 6.80. The van der Waals surface area contributed by atoms with Gasteiger partial charge in [0, 0.05) is 0 Å². The molecule has 0 aromatic heterocycles. The largest absolute Gasteiger partial charge is 0.0831 e. The van der Waals surface area contributed by atoms with Crippen LogP contribution in [0.3, 0.4) is 0 Å². The van der Waals surface area contributed by atoms with Crippen LogP contribution in [0.5, 0.6) is 0 Å². The average Bonchev–Trinajstić information content (AvgIpc) is 1.96. The van der Waals surface area contributed by atoms with Gasteiger partial charge in [-0.15, -0.1) is 0 Å². The van der Waals surface area contributed by atoms with Crippen LogP contribution in [0.4, 0.5) is 0 Å². The minimum atomic E-state index is 0.247. The van der Waals surface area contributed by atoms with Gasteiger partial charge in [0.05, 0.1) is 3.23 Å². The third-order valence-electron chi connectivity index (χ3n) is 2.37. The highest BCUT2D eigenvalue weighted by molar-refractivity contribution is 9.25. The van der Waals surface area contributed by atoms with Crippen LogP contribution in [0.2, 0.25) is 0 Å². The zero-order valence-corrected chi connectivity index (χ0v) is 9.54. The normalized spacial score (nSPS) is 33.3. The van der Waals surface area contributed by atoms with E-state index in [1.54, 1.807) is 0 Å². The summed E-state index contributed by atoms with van der Waals surface area (Å²) < 4.78 is 0.247. The van der Waals surface area contributed by atoms with Crippen LogP contribution < -0.4 is 0 Å². The number of rotatable bonds is 0. The molecule has 60 valence electrons. The molecule has 0 radical (unpaired) electrons. The summed E-state index contributed by atoms with van der Waals surface area (Å²) in [5.41, 5.74) is 0. The SMILES string of the molecule is CC1CCCCCC1(Br)Br. The first-order chi connectivity index (χ1) is 4.63. The summed E-state index contributed by atoms with van der Waals surface area (Å²) in [4.78, 5) is 0. The summed E-state index contributed by atoms with van der Waals surface area (Å²) in [7, 11) is 0. The molecule has 0 aromatic carbocycles. The maximum atomic E-state index is 3.72. The molecule has 1 aliphatic rings. The van der Waals surface area contributed by atoms with Crippen LogP contribution in [0.15, 0.2) is 0 Å². The maximum Gasteiger partial charge on any atom is 0.0831 e. The van der Waals surface area contributed by atoms with E-state index in [0.29, 0.717) is 0 Å². The summed E-state index contributed by atoms with van der Waals surface area (Å²) in [5, 5.41) is 0. The molecule has 1 fully saturated rings. The highest BCUT2D eigenvalue weighted by atomic mass is 79.9. The van der Waals surface area contributed by atoms with E-state index in [1.807, 2.05) is 0 Å². The lowest BCUT2D eigenvalue weighted by Crippen LogP contribution is -2.19. The van der Waals surface area contributed by atoms with Crippen molar-refractivity contribution in [1.82, 2.24) is 0 Å². The molecule has 1 atom stereocenters. The minimum absolute atomic E-state index is 0.247. The van der Waals surface area contributed by atoms with Gasteiger partial charge in [0.2, 0.25) is 0 Å². The Bertz CT molecular complexity index is 110. The van der Waals surface area contributed by atoms with E-state index < -0.39 is 0 Å². The molecule has 1 saturated carbocycles. The van der Waals surface area contributed by atoms with E-state index in [4.69, 9.17) is 0 Å². The van der Waals surface area contributed by atoms with Gasteiger partial charge >= 0.3 is 0 Å². The van der Waals surface area contributed by atoms with Gasteiger partial charge in [-0.3, -0.25) is 0 Å². The molecule has 0 aromatic rings. The van der Waals surface area contributed by atoms with E-state index in [0.717, 1.165) is 5.92 Å². The lowest BCUT2D eigenvalue weighted by atomic mass is 10.0. The first-order valence-corrected chi connectivity index (χ1v) is 5.59. The third kappa shape index (κ3) is 2.23. The lowest BCUT2D eigenvalue weighted by molar-refractivity contribution is 0.503. The predicted molar refractivity (Wildman–Crippen MR) is 52.8 cm³/mol. The molecule has 1 unspecified atom stereocenters. The highest BCUT2D eigenvalue weighted by Gasteiger charge is 2.30. The summed E-state index contributed by atoms with van der Waals surface area (Å²) >= 11 is 7.45. The molecule has 1 aliphatic carbocycles. The van der Waals surface area contributed by atoms with E-state index in [1.165, 1.54) is 32.1 Å². The van der Waals surface area contributed by atoms with Crippen LogP contribution in [-0.4, -0.2) is 3.23 Å². The molecule has 10 heavy (non-hydrogen) atoms. The van der Waals surface area contributed by atoms with E-state index in [2.05, 4.69) is 38.8 Å². The van der Waals surface area contributed by atoms with Crippen LogP contribution in [0, 0.1) is 5.92 Å². The Morgan fingerprint density at radius 2 is 1.90 bits per heavy atom. The molecular weight excluding hydrogens is 256 g/mol. The zero-order chi connectivity index (χ0) is 7.61. The van der Waals surface area contributed by atoms with Gasteiger partial charge in [0.1, 0.15) is 0 Å². The monoisotopic (exact) mass is 268 g/mol. The Morgan fingerprint density at radius 1 is 1.20 bits per heavy atom. The molecule has 1 rings (SSSR count). The number of hydrogen-bond acceptors (Lipinski definition) is 0. The topological polar surface area (TPSA) is 0 Å². The Balaban J connectivity index is 2.52. The fourth-order valence-electron chi connectivity index (χ4n) is 1.45. The molecule has 0 heterocycles. The van der Waals surface area contributed by atoms with Gasteiger partial charge in [-0.25, -0.2) is 0 Å². The molecular formula is C8H14Br2. The Hall–Kier alpha value is 0.960. The number of hydrogen-bond donors (Lipinski definition) is 0. The van der Waals surface area contributed by atoms with Crippen molar-refractivity contribution in [3.8, 4) is 0 Å². The van der Waals surface area contributed by atoms with Gasteiger partial charge in [-0.2, -0.15) is 0 Å². The maximum absolute atomic E-state index is 3.72. The van der Waals surface area contributed by atoms with Crippen LogP contribution in [-0.2, 0) is 0 Å². The van der Waals surface area contributed by atoms with Crippen molar-refractivity contribution in [3.63, 3.8) is 0 Å². The summed E-state index contributed by atoms with van der Waals surface area (Å²) in [5.74, 6) is 0.773.